The first-order valence-corrected chi connectivity index (χ1v) is 6.24. The lowest BCUT2D eigenvalue weighted by Gasteiger charge is -2.26. The van der Waals surface area contributed by atoms with Crippen LogP contribution in [0.3, 0.4) is 0 Å². The molecule has 0 aromatic heterocycles. The van der Waals surface area contributed by atoms with Crippen LogP contribution in [0.2, 0.25) is 0 Å². The van der Waals surface area contributed by atoms with E-state index in [0.29, 0.717) is 11.4 Å². The van der Waals surface area contributed by atoms with E-state index in [9.17, 15) is 5.11 Å². The zero-order valence-electron chi connectivity index (χ0n) is 10.7. The smallest absolute Gasteiger partial charge is 0.219 e. The molecule has 1 saturated heterocycles. The Morgan fingerprint density at radius 3 is 1.40 bits per heavy atom. The summed E-state index contributed by atoms with van der Waals surface area (Å²) in [5, 5.41) is 26.6. The number of nitrogens with one attached hydrogen (secondary N) is 2. The van der Waals surface area contributed by atoms with Crippen molar-refractivity contribution in [3.63, 3.8) is 0 Å². The number of benzene rings is 2. The van der Waals surface area contributed by atoms with Crippen molar-refractivity contribution in [3.05, 3.63) is 60.7 Å². The van der Waals surface area contributed by atoms with E-state index in [0.717, 1.165) is 0 Å². The van der Waals surface area contributed by atoms with Crippen LogP contribution in [0.4, 0.5) is 11.4 Å². The molecule has 100 valence electrons. The summed E-state index contributed by atoms with van der Waals surface area (Å²) in [5.41, 5.74) is 1.38. The molecule has 0 saturated carbocycles. The molecule has 0 radical (unpaired) electrons. The van der Waals surface area contributed by atoms with E-state index in [1.165, 1.54) is 9.80 Å². The normalized spacial score (nSPS) is 18.8. The van der Waals surface area contributed by atoms with E-state index < -0.39 is 6.35 Å². The minimum atomic E-state index is -1.08. The molecule has 0 spiro atoms. The molecule has 0 atom stereocenters. The van der Waals surface area contributed by atoms with Crippen LogP contribution in [0.5, 0.6) is 0 Å². The third-order valence-corrected chi connectivity index (χ3v) is 3.24. The van der Waals surface area contributed by atoms with Crippen molar-refractivity contribution < 1.29 is 5.11 Å². The molecule has 5 heteroatoms. The largest absolute Gasteiger partial charge is 0.356 e. The summed E-state index contributed by atoms with van der Waals surface area (Å²) in [6, 6.07) is 18.3. The van der Waals surface area contributed by atoms with Gasteiger partial charge < -0.3 is 5.11 Å². The molecule has 0 aliphatic carbocycles. The molecule has 3 N–H and O–H groups in total. The second kappa shape index (κ2) is 4.79. The number of hydrogen-bond donors (Lipinski definition) is 3. The number of aliphatic hydroxyl groups excluding tert-OH is 1. The molecule has 1 heterocycles. The quantitative estimate of drug-likeness (QED) is 0.780. The Hall–Kier alpha value is -2.66. The Kier molecular flexibility index (Phi) is 2.96. The van der Waals surface area contributed by atoms with Crippen molar-refractivity contribution in [2.45, 2.75) is 6.35 Å². The summed E-state index contributed by atoms with van der Waals surface area (Å²) in [6.45, 7) is 0. The van der Waals surface area contributed by atoms with E-state index in [1.54, 1.807) is 24.3 Å². The molecule has 20 heavy (non-hydrogen) atoms. The number of aliphatic hydroxyl groups is 1. The Morgan fingerprint density at radius 1 is 0.700 bits per heavy atom. The number of anilines is 2. The van der Waals surface area contributed by atoms with Crippen LogP contribution in [0.15, 0.2) is 60.7 Å². The van der Waals surface area contributed by atoms with Crippen LogP contribution in [-0.4, -0.2) is 23.1 Å². The lowest BCUT2D eigenvalue weighted by atomic mass is 10.3. The fourth-order valence-corrected chi connectivity index (χ4v) is 2.28. The fraction of sp³-hybridized carbons (Fsp3) is 0.0667. The SMILES string of the molecule is N=C1C(=N)N(c2ccccc2)C(O)N1c1ccccc1. The third-order valence-electron chi connectivity index (χ3n) is 3.24. The van der Waals surface area contributed by atoms with Crippen LogP contribution in [0.1, 0.15) is 0 Å². The summed E-state index contributed by atoms with van der Waals surface area (Å²) < 4.78 is 0. The predicted molar refractivity (Wildman–Crippen MR) is 79.3 cm³/mol. The van der Waals surface area contributed by atoms with Crippen LogP contribution in [0, 0.1) is 10.8 Å². The van der Waals surface area contributed by atoms with Gasteiger partial charge in [0.25, 0.3) is 0 Å². The first-order valence-electron chi connectivity index (χ1n) is 6.24. The molecule has 1 aliphatic rings. The first kappa shape index (κ1) is 12.4. The van der Waals surface area contributed by atoms with Gasteiger partial charge in [-0.2, -0.15) is 0 Å². The fourth-order valence-electron chi connectivity index (χ4n) is 2.28. The second-order valence-electron chi connectivity index (χ2n) is 4.45. The zero-order chi connectivity index (χ0) is 14.1. The summed E-state index contributed by atoms with van der Waals surface area (Å²) in [5.74, 6) is -0.0416. The van der Waals surface area contributed by atoms with Gasteiger partial charge in [0.05, 0.1) is 0 Å². The van der Waals surface area contributed by atoms with Gasteiger partial charge in [0, 0.05) is 11.4 Å². The molecule has 5 nitrogen and oxygen atoms in total. The average molecular weight is 266 g/mol. The summed E-state index contributed by atoms with van der Waals surface area (Å²) in [6.07, 6.45) is -1.08. The Balaban J connectivity index is 2.01. The number of hydrogen-bond acceptors (Lipinski definition) is 3. The van der Waals surface area contributed by atoms with Crippen molar-refractivity contribution in [3.8, 4) is 0 Å². The van der Waals surface area contributed by atoms with Gasteiger partial charge in [-0.3, -0.25) is 20.6 Å². The monoisotopic (exact) mass is 266 g/mol. The number of para-hydroxylation sites is 2. The third kappa shape index (κ3) is 1.85. The minimum Gasteiger partial charge on any atom is -0.356 e. The lowest BCUT2D eigenvalue weighted by Crippen LogP contribution is -2.40. The van der Waals surface area contributed by atoms with Crippen molar-refractivity contribution >= 4 is 23.0 Å². The predicted octanol–water partition coefficient (Wildman–Crippen LogP) is 2.24. The van der Waals surface area contributed by atoms with E-state index in [2.05, 4.69) is 0 Å². The van der Waals surface area contributed by atoms with Crippen molar-refractivity contribution in [2.24, 2.45) is 0 Å². The van der Waals surface area contributed by atoms with E-state index in [4.69, 9.17) is 10.8 Å². The maximum Gasteiger partial charge on any atom is 0.219 e. The molecule has 1 fully saturated rings. The van der Waals surface area contributed by atoms with Gasteiger partial charge in [-0.05, 0) is 24.3 Å². The number of nitrogens with zero attached hydrogens (tertiary/aromatic N) is 2. The van der Waals surface area contributed by atoms with Crippen molar-refractivity contribution in [2.75, 3.05) is 9.80 Å². The highest BCUT2D eigenvalue weighted by atomic mass is 16.3. The van der Waals surface area contributed by atoms with Crippen LogP contribution >= 0.6 is 0 Å². The van der Waals surface area contributed by atoms with Gasteiger partial charge in [0.15, 0.2) is 11.7 Å². The molecule has 0 bridgehead atoms. The van der Waals surface area contributed by atoms with E-state index in [-0.39, 0.29) is 11.7 Å². The molecule has 2 aromatic carbocycles. The molecule has 0 unspecified atom stereocenters. The topological polar surface area (TPSA) is 74.4 Å². The van der Waals surface area contributed by atoms with Crippen LogP contribution in [-0.2, 0) is 0 Å². The van der Waals surface area contributed by atoms with Crippen LogP contribution in [0.25, 0.3) is 0 Å². The van der Waals surface area contributed by atoms with Gasteiger partial charge in [0.1, 0.15) is 0 Å². The molecular formula is C15H14N4O. The Bertz CT molecular complexity index is 584. The molecule has 2 aromatic rings. The van der Waals surface area contributed by atoms with E-state index in [1.807, 2.05) is 36.4 Å². The summed E-state index contributed by atoms with van der Waals surface area (Å²) in [7, 11) is 0. The standard InChI is InChI=1S/C15H14N4O/c16-13-14(17)19(12-9-5-2-6-10-12)15(20)18(13)11-7-3-1-4-8-11/h1-10,15-17,20H. The highest BCUT2D eigenvalue weighted by Crippen LogP contribution is 2.28. The van der Waals surface area contributed by atoms with Crippen LogP contribution < -0.4 is 9.80 Å². The summed E-state index contributed by atoms with van der Waals surface area (Å²) in [4.78, 5) is 2.85. The first-order chi connectivity index (χ1) is 9.70. The average Bonchev–Trinajstić information content (AvgIpc) is 2.71. The summed E-state index contributed by atoms with van der Waals surface area (Å²) >= 11 is 0. The van der Waals surface area contributed by atoms with Gasteiger partial charge in [0.2, 0.25) is 6.35 Å². The highest BCUT2D eigenvalue weighted by Gasteiger charge is 2.40. The molecule has 1 aliphatic heterocycles. The maximum absolute atomic E-state index is 10.5. The second-order valence-corrected chi connectivity index (χ2v) is 4.45. The van der Waals surface area contributed by atoms with Gasteiger partial charge in [-0.1, -0.05) is 36.4 Å². The minimum absolute atomic E-state index is 0.0208. The van der Waals surface area contributed by atoms with Crippen molar-refractivity contribution in [1.82, 2.24) is 0 Å². The lowest BCUT2D eigenvalue weighted by molar-refractivity contribution is 0.199. The molecule has 3 rings (SSSR count). The molecular weight excluding hydrogens is 252 g/mol. The number of rotatable bonds is 2. The van der Waals surface area contributed by atoms with E-state index >= 15 is 0 Å². The van der Waals surface area contributed by atoms with Gasteiger partial charge >= 0.3 is 0 Å². The maximum atomic E-state index is 10.5. The Labute approximate surface area is 116 Å². The number of amidine groups is 2. The highest BCUT2D eigenvalue weighted by molar-refractivity contribution is 6.50. The Morgan fingerprint density at radius 2 is 1.05 bits per heavy atom. The molecule has 0 amide bonds. The van der Waals surface area contributed by atoms with Gasteiger partial charge in [-0.25, -0.2) is 0 Å². The van der Waals surface area contributed by atoms with Gasteiger partial charge in [-0.15, -0.1) is 0 Å². The van der Waals surface area contributed by atoms with Crippen molar-refractivity contribution in [1.29, 1.82) is 10.8 Å². The zero-order valence-corrected chi connectivity index (χ0v) is 10.7.